The van der Waals surface area contributed by atoms with Crippen LogP contribution in [0.1, 0.15) is 42.5 Å². The average molecular weight is 367 g/mol. The molecule has 0 spiro atoms. The minimum absolute atomic E-state index is 0.0399. The van der Waals surface area contributed by atoms with Crippen LogP contribution in [0.25, 0.3) is 0 Å². The quantitative estimate of drug-likeness (QED) is 0.896. The minimum atomic E-state index is -1.07. The Bertz CT molecular complexity index is 885. The zero-order chi connectivity index (χ0) is 19.6. The third-order valence-electron chi connectivity index (χ3n) is 4.69. The fourth-order valence-electron chi connectivity index (χ4n) is 3.06. The summed E-state index contributed by atoms with van der Waals surface area (Å²) in [5.74, 6) is -1.36. The van der Waals surface area contributed by atoms with Crippen molar-refractivity contribution in [2.24, 2.45) is 0 Å². The molecular formula is C20H21N3O4. The molecule has 0 radical (unpaired) electrons. The Balaban J connectivity index is 1.64. The van der Waals surface area contributed by atoms with Gasteiger partial charge in [0.2, 0.25) is 0 Å². The summed E-state index contributed by atoms with van der Waals surface area (Å²) >= 11 is 0. The number of carbonyl (C=O) groups excluding carboxylic acids is 2. The molecule has 3 rings (SSSR count). The van der Waals surface area contributed by atoms with Crippen molar-refractivity contribution in [2.45, 2.75) is 13.8 Å². The molecule has 1 fully saturated rings. The zero-order valence-corrected chi connectivity index (χ0v) is 15.3. The van der Waals surface area contributed by atoms with E-state index in [1.807, 2.05) is 31.2 Å². The number of piperazine rings is 1. The van der Waals surface area contributed by atoms with Crippen LogP contribution in [0.4, 0.5) is 0 Å². The van der Waals surface area contributed by atoms with E-state index in [1.54, 1.807) is 16.7 Å². The topological polar surface area (TPSA) is 90.8 Å². The van der Waals surface area contributed by atoms with Gasteiger partial charge in [-0.05, 0) is 38.1 Å². The molecule has 1 aliphatic heterocycles. The van der Waals surface area contributed by atoms with Crippen LogP contribution in [0.2, 0.25) is 0 Å². The molecule has 7 heteroatoms. The Morgan fingerprint density at radius 2 is 1.41 bits per heavy atom. The summed E-state index contributed by atoms with van der Waals surface area (Å²) in [5, 5.41) is 9.06. The van der Waals surface area contributed by atoms with Crippen molar-refractivity contribution < 1.29 is 19.5 Å². The van der Waals surface area contributed by atoms with Gasteiger partial charge in [0.1, 0.15) is 5.69 Å². The number of pyridine rings is 1. The fraction of sp³-hybridized carbons (Fsp3) is 0.300. The van der Waals surface area contributed by atoms with Crippen LogP contribution in [0.15, 0.2) is 36.4 Å². The standard InChI is InChI=1S/C20H21N3O4/c1-13-3-5-15(6-4-13)18(24)22-9-11-23(12-10-22)19(25)17-8-7-16(20(26)27)14(2)21-17/h3-8H,9-12H2,1-2H3,(H,26,27). The molecule has 1 aromatic carbocycles. The molecule has 2 aromatic rings. The number of rotatable bonds is 3. The normalized spacial score (nSPS) is 14.1. The highest BCUT2D eigenvalue weighted by atomic mass is 16.4. The van der Waals surface area contributed by atoms with Gasteiger partial charge in [-0.25, -0.2) is 9.78 Å². The Hall–Kier alpha value is -3.22. The van der Waals surface area contributed by atoms with E-state index in [-0.39, 0.29) is 23.1 Å². The number of carboxylic acids is 1. The van der Waals surface area contributed by atoms with E-state index in [2.05, 4.69) is 4.98 Å². The smallest absolute Gasteiger partial charge is 0.337 e. The molecular weight excluding hydrogens is 346 g/mol. The molecule has 1 aliphatic rings. The zero-order valence-electron chi connectivity index (χ0n) is 15.3. The molecule has 0 aliphatic carbocycles. The molecule has 140 valence electrons. The number of carboxylic acid groups (broad SMARTS) is 1. The van der Waals surface area contributed by atoms with Crippen LogP contribution >= 0.6 is 0 Å². The minimum Gasteiger partial charge on any atom is -0.478 e. The van der Waals surface area contributed by atoms with Gasteiger partial charge >= 0.3 is 5.97 Å². The Morgan fingerprint density at radius 1 is 0.852 bits per heavy atom. The SMILES string of the molecule is Cc1ccc(C(=O)N2CCN(C(=O)c3ccc(C(=O)O)c(C)n3)CC2)cc1. The predicted octanol–water partition coefficient (Wildman–Crippen LogP) is 1.99. The molecule has 0 atom stereocenters. The second-order valence-electron chi connectivity index (χ2n) is 6.59. The van der Waals surface area contributed by atoms with Gasteiger partial charge in [-0.2, -0.15) is 0 Å². The van der Waals surface area contributed by atoms with E-state index in [4.69, 9.17) is 5.11 Å². The average Bonchev–Trinajstić information content (AvgIpc) is 2.67. The number of hydrogen-bond acceptors (Lipinski definition) is 4. The second-order valence-corrected chi connectivity index (χ2v) is 6.59. The van der Waals surface area contributed by atoms with Crippen LogP contribution < -0.4 is 0 Å². The first kappa shape index (κ1) is 18.6. The monoisotopic (exact) mass is 367 g/mol. The first-order valence-electron chi connectivity index (χ1n) is 8.73. The van der Waals surface area contributed by atoms with Gasteiger partial charge in [0.05, 0.1) is 11.3 Å². The van der Waals surface area contributed by atoms with Crippen LogP contribution in [0.3, 0.4) is 0 Å². The molecule has 0 saturated carbocycles. The Labute approximate surface area is 157 Å². The lowest BCUT2D eigenvalue weighted by Gasteiger charge is -2.34. The lowest BCUT2D eigenvalue weighted by molar-refractivity contribution is 0.0532. The highest BCUT2D eigenvalue weighted by Gasteiger charge is 2.26. The molecule has 1 N–H and O–H groups in total. The van der Waals surface area contributed by atoms with Crippen LogP contribution in [0.5, 0.6) is 0 Å². The first-order chi connectivity index (χ1) is 12.9. The largest absolute Gasteiger partial charge is 0.478 e. The van der Waals surface area contributed by atoms with Gasteiger partial charge in [-0.3, -0.25) is 9.59 Å². The van der Waals surface area contributed by atoms with Gasteiger partial charge in [0, 0.05) is 31.7 Å². The van der Waals surface area contributed by atoms with Gasteiger partial charge in [0.25, 0.3) is 11.8 Å². The molecule has 0 bridgehead atoms. The number of nitrogens with zero attached hydrogens (tertiary/aromatic N) is 3. The third-order valence-corrected chi connectivity index (χ3v) is 4.69. The van der Waals surface area contributed by atoms with Crippen molar-refractivity contribution in [3.8, 4) is 0 Å². The van der Waals surface area contributed by atoms with Gasteiger partial charge < -0.3 is 14.9 Å². The van der Waals surface area contributed by atoms with E-state index in [9.17, 15) is 14.4 Å². The summed E-state index contributed by atoms with van der Waals surface area (Å²) in [6, 6.07) is 10.3. The number of carbonyl (C=O) groups is 3. The summed E-state index contributed by atoms with van der Waals surface area (Å²) in [5.41, 5.74) is 2.35. The number of benzene rings is 1. The van der Waals surface area contributed by atoms with Crippen LogP contribution in [0, 0.1) is 13.8 Å². The number of aryl methyl sites for hydroxylation is 2. The summed E-state index contributed by atoms with van der Waals surface area (Å²) < 4.78 is 0. The molecule has 1 saturated heterocycles. The van der Waals surface area contributed by atoms with Gasteiger partial charge in [0.15, 0.2) is 0 Å². The maximum Gasteiger partial charge on any atom is 0.337 e. The summed E-state index contributed by atoms with van der Waals surface area (Å²) in [4.78, 5) is 43.8. The molecule has 7 nitrogen and oxygen atoms in total. The van der Waals surface area contributed by atoms with E-state index < -0.39 is 5.97 Å². The van der Waals surface area contributed by atoms with E-state index in [1.165, 1.54) is 12.1 Å². The number of aromatic carboxylic acids is 1. The summed E-state index contributed by atoms with van der Waals surface area (Å²) in [7, 11) is 0. The van der Waals surface area contributed by atoms with Crippen molar-refractivity contribution in [2.75, 3.05) is 26.2 Å². The maximum absolute atomic E-state index is 12.6. The molecule has 1 aromatic heterocycles. The van der Waals surface area contributed by atoms with E-state index in [0.29, 0.717) is 37.4 Å². The summed E-state index contributed by atoms with van der Waals surface area (Å²) in [6.45, 7) is 5.26. The second kappa shape index (κ2) is 7.57. The van der Waals surface area contributed by atoms with Crippen LogP contribution in [-0.2, 0) is 0 Å². The third kappa shape index (κ3) is 3.97. The van der Waals surface area contributed by atoms with E-state index in [0.717, 1.165) is 5.56 Å². The van der Waals surface area contributed by atoms with Gasteiger partial charge in [-0.1, -0.05) is 17.7 Å². The van der Waals surface area contributed by atoms with Crippen molar-refractivity contribution in [3.05, 3.63) is 64.5 Å². The van der Waals surface area contributed by atoms with Gasteiger partial charge in [-0.15, -0.1) is 0 Å². The Kier molecular flexibility index (Phi) is 5.21. The van der Waals surface area contributed by atoms with Crippen molar-refractivity contribution in [1.29, 1.82) is 0 Å². The van der Waals surface area contributed by atoms with Crippen molar-refractivity contribution in [3.63, 3.8) is 0 Å². The molecule has 2 amide bonds. The fourth-order valence-corrected chi connectivity index (χ4v) is 3.06. The number of amides is 2. The number of aromatic nitrogens is 1. The lowest BCUT2D eigenvalue weighted by Crippen LogP contribution is -2.50. The van der Waals surface area contributed by atoms with E-state index >= 15 is 0 Å². The van der Waals surface area contributed by atoms with Crippen molar-refractivity contribution >= 4 is 17.8 Å². The summed E-state index contributed by atoms with van der Waals surface area (Å²) in [6.07, 6.45) is 0. The first-order valence-corrected chi connectivity index (χ1v) is 8.73. The Morgan fingerprint density at radius 3 is 1.93 bits per heavy atom. The highest BCUT2D eigenvalue weighted by Crippen LogP contribution is 2.13. The maximum atomic E-state index is 12.6. The lowest BCUT2D eigenvalue weighted by atomic mass is 10.1. The molecule has 0 unspecified atom stereocenters. The molecule has 27 heavy (non-hydrogen) atoms. The van der Waals surface area contributed by atoms with Crippen molar-refractivity contribution in [1.82, 2.24) is 14.8 Å². The number of hydrogen-bond donors (Lipinski definition) is 1. The predicted molar refractivity (Wildman–Crippen MR) is 98.9 cm³/mol. The highest BCUT2D eigenvalue weighted by molar-refractivity contribution is 5.96. The molecule has 2 heterocycles. The van der Waals surface area contributed by atoms with Crippen LogP contribution in [-0.4, -0.2) is 63.9 Å².